The zero-order valence-electron chi connectivity index (χ0n) is 35.5. The minimum atomic E-state index is -1.26. The van der Waals surface area contributed by atoms with E-state index in [4.69, 9.17) is 5.73 Å². The second kappa shape index (κ2) is 23.1. The standard InChI is InChI=1S/C43H57N11O8/c1-6-7-16-33(51-27(5)55)41(60)49-26(4)40(59)53-36(20-30-22-45-23-47-30)43(62)54-35(18-28-13-9-8-10-14-28)42(61)50-24(2)38(57)48-25(3)39(58)52-34(37(44)56)19-29-21-46-32-17-12-11-15-31(29)32/h8-15,17,21-26,33-36,46H,6-7,16,18-20H2,1-5H3,(H2,44,56)(H,45,47)(H,48,57)(H,49,60)(H,50,61)(H,51,55)(H,52,58)(H,53,59)(H,54,62)/t24-,25-,26-,33-,34-,35+,36-/m0/s1. The number of aromatic nitrogens is 3. The maximum atomic E-state index is 14.0. The molecule has 0 saturated heterocycles. The first-order valence-electron chi connectivity index (χ1n) is 20.5. The number of nitrogens with two attached hydrogens (primary N) is 1. The minimum Gasteiger partial charge on any atom is -0.368 e. The topological polar surface area (TPSA) is 291 Å². The number of fused-ring (bicyclic) bond motifs is 1. The molecule has 0 radical (unpaired) electrons. The number of hydrogen-bond donors (Lipinski definition) is 10. The molecule has 62 heavy (non-hydrogen) atoms. The largest absolute Gasteiger partial charge is 0.368 e. The van der Waals surface area contributed by atoms with Crippen molar-refractivity contribution >= 4 is 58.2 Å². The van der Waals surface area contributed by atoms with E-state index in [2.05, 4.69) is 52.2 Å². The number of carbonyl (C=O) groups excluding carboxylic acids is 8. The monoisotopic (exact) mass is 855 g/mol. The molecule has 332 valence electrons. The van der Waals surface area contributed by atoms with Crippen LogP contribution in [0.25, 0.3) is 10.9 Å². The van der Waals surface area contributed by atoms with Crippen LogP contribution in [0.3, 0.4) is 0 Å². The van der Waals surface area contributed by atoms with Gasteiger partial charge in [-0.1, -0.05) is 68.3 Å². The van der Waals surface area contributed by atoms with Gasteiger partial charge in [-0.2, -0.15) is 0 Å². The highest BCUT2D eigenvalue weighted by atomic mass is 16.2. The lowest BCUT2D eigenvalue weighted by molar-refractivity contribution is -0.135. The van der Waals surface area contributed by atoms with E-state index < -0.39 is 89.6 Å². The average Bonchev–Trinajstić information content (AvgIpc) is 3.91. The van der Waals surface area contributed by atoms with Gasteiger partial charge in [0.25, 0.3) is 0 Å². The molecule has 4 rings (SSSR count). The lowest BCUT2D eigenvalue weighted by atomic mass is 10.0. The molecule has 0 fully saturated rings. The lowest BCUT2D eigenvalue weighted by Gasteiger charge is -2.26. The fourth-order valence-electron chi connectivity index (χ4n) is 6.58. The molecule has 0 aliphatic carbocycles. The summed E-state index contributed by atoms with van der Waals surface area (Å²) in [5, 5.41) is 19.2. The highest BCUT2D eigenvalue weighted by molar-refractivity contribution is 5.97. The Morgan fingerprint density at radius 3 is 1.74 bits per heavy atom. The van der Waals surface area contributed by atoms with E-state index in [0.717, 1.165) is 22.9 Å². The molecule has 0 unspecified atom stereocenters. The van der Waals surface area contributed by atoms with Crippen molar-refractivity contribution in [1.82, 2.24) is 52.2 Å². The molecule has 2 aromatic heterocycles. The average molecular weight is 856 g/mol. The molecule has 7 atom stereocenters. The van der Waals surface area contributed by atoms with E-state index in [1.54, 1.807) is 36.5 Å². The maximum absolute atomic E-state index is 14.0. The molecule has 11 N–H and O–H groups in total. The van der Waals surface area contributed by atoms with Gasteiger partial charge in [0, 0.05) is 55.2 Å². The molecule has 2 aromatic carbocycles. The van der Waals surface area contributed by atoms with Crippen LogP contribution in [0, 0.1) is 0 Å². The Morgan fingerprint density at radius 1 is 0.613 bits per heavy atom. The zero-order chi connectivity index (χ0) is 45.3. The second-order valence-corrected chi connectivity index (χ2v) is 15.2. The number of nitrogens with one attached hydrogen (secondary N) is 9. The number of H-pyrrole nitrogens is 2. The SMILES string of the molecule is CCCC[C@H](NC(C)=O)C(=O)N[C@@H](C)C(=O)N[C@@H](Cc1cnc[nH]1)C(=O)N[C@H](Cc1ccccc1)C(=O)N[C@@H](C)C(=O)N[C@@H](C)C(=O)N[C@@H](Cc1c[nH]c2ccccc12)C(N)=O. The number of rotatable bonds is 23. The van der Waals surface area contributed by atoms with Gasteiger partial charge in [0.2, 0.25) is 47.3 Å². The molecule has 0 spiro atoms. The van der Waals surface area contributed by atoms with E-state index >= 15 is 0 Å². The fraction of sp³-hybridized carbons (Fsp3) is 0.419. The van der Waals surface area contributed by atoms with Crippen molar-refractivity contribution in [2.45, 2.75) is 115 Å². The van der Waals surface area contributed by atoms with Crippen molar-refractivity contribution in [3.05, 3.63) is 90.1 Å². The molecular formula is C43H57N11O8. The highest BCUT2D eigenvalue weighted by Gasteiger charge is 2.32. The molecule has 19 heteroatoms. The van der Waals surface area contributed by atoms with E-state index in [-0.39, 0.29) is 19.3 Å². The summed E-state index contributed by atoms with van der Waals surface area (Å²) in [5.74, 6) is -5.33. The van der Waals surface area contributed by atoms with E-state index in [1.807, 2.05) is 31.2 Å². The molecule has 0 bridgehead atoms. The zero-order valence-corrected chi connectivity index (χ0v) is 35.5. The Morgan fingerprint density at radius 2 is 1.15 bits per heavy atom. The summed E-state index contributed by atoms with van der Waals surface area (Å²) in [5.41, 5.74) is 8.41. The Bertz CT molecular complexity index is 2180. The van der Waals surface area contributed by atoms with Gasteiger partial charge in [0.05, 0.1) is 6.33 Å². The number of para-hydroxylation sites is 1. The van der Waals surface area contributed by atoms with Crippen LogP contribution in [-0.2, 0) is 57.6 Å². The van der Waals surface area contributed by atoms with Gasteiger partial charge in [0.15, 0.2) is 0 Å². The number of benzene rings is 2. The van der Waals surface area contributed by atoms with Crippen LogP contribution in [0.2, 0.25) is 0 Å². The van der Waals surface area contributed by atoms with Crippen molar-refractivity contribution in [3.63, 3.8) is 0 Å². The van der Waals surface area contributed by atoms with Crippen LogP contribution in [-0.4, -0.2) is 105 Å². The predicted octanol–water partition coefficient (Wildman–Crippen LogP) is 0.0676. The third kappa shape index (κ3) is 14.3. The number of hydrogen-bond acceptors (Lipinski definition) is 9. The van der Waals surface area contributed by atoms with Crippen molar-refractivity contribution in [2.75, 3.05) is 0 Å². The summed E-state index contributed by atoms with van der Waals surface area (Å²) in [6.45, 7) is 7.49. The summed E-state index contributed by atoms with van der Waals surface area (Å²) in [6.07, 6.45) is 6.44. The molecule has 19 nitrogen and oxygen atoms in total. The Balaban J connectivity index is 1.42. The van der Waals surface area contributed by atoms with Crippen molar-refractivity contribution < 1.29 is 38.4 Å². The first kappa shape index (κ1) is 47.6. The normalized spacial score (nSPS) is 14.4. The van der Waals surface area contributed by atoms with Gasteiger partial charge < -0.3 is 52.9 Å². The summed E-state index contributed by atoms with van der Waals surface area (Å²) >= 11 is 0. The second-order valence-electron chi connectivity index (χ2n) is 15.2. The minimum absolute atomic E-state index is 0.00399. The quantitative estimate of drug-likeness (QED) is 0.0482. The molecule has 0 aliphatic rings. The van der Waals surface area contributed by atoms with Crippen molar-refractivity contribution in [1.29, 1.82) is 0 Å². The molecule has 8 amide bonds. The van der Waals surface area contributed by atoms with Crippen molar-refractivity contribution in [2.24, 2.45) is 5.73 Å². The number of carbonyl (C=O) groups is 8. The number of unbranched alkanes of at least 4 members (excludes halogenated alkanes) is 1. The van der Waals surface area contributed by atoms with E-state index in [1.165, 1.54) is 40.2 Å². The van der Waals surface area contributed by atoms with Crippen LogP contribution in [0.5, 0.6) is 0 Å². The van der Waals surface area contributed by atoms with Gasteiger partial charge in [-0.15, -0.1) is 0 Å². The number of amides is 8. The summed E-state index contributed by atoms with van der Waals surface area (Å²) < 4.78 is 0. The smallest absolute Gasteiger partial charge is 0.243 e. The summed E-state index contributed by atoms with van der Waals surface area (Å²) in [7, 11) is 0. The first-order chi connectivity index (χ1) is 29.6. The summed E-state index contributed by atoms with van der Waals surface area (Å²) in [6, 6.07) is 8.35. The van der Waals surface area contributed by atoms with Crippen LogP contribution < -0.4 is 43.0 Å². The number of aromatic amines is 2. The Kier molecular flexibility index (Phi) is 17.7. The predicted molar refractivity (Wildman–Crippen MR) is 229 cm³/mol. The van der Waals surface area contributed by atoms with Crippen LogP contribution in [0.15, 0.2) is 73.3 Å². The fourth-order valence-corrected chi connectivity index (χ4v) is 6.58. The third-order valence-corrected chi connectivity index (χ3v) is 10.1. The number of primary amides is 1. The van der Waals surface area contributed by atoms with E-state index in [9.17, 15) is 38.4 Å². The van der Waals surface area contributed by atoms with Crippen molar-refractivity contribution in [3.8, 4) is 0 Å². The first-order valence-corrected chi connectivity index (χ1v) is 20.5. The van der Waals surface area contributed by atoms with Crippen LogP contribution >= 0.6 is 0 Å². The third-order valence-electron chi connectivity index (χ3n) is 10.1. The molecule has 2 heterocycles. The van der Waals surface area contributed by atoms with Gasteiger partial charge in [0.1, 0.15) is 42.3 Å². The van der Waals surface area contributed by atoms with E-state index in [0.29, 0.717) is 24.1 Å². The highest BCUT2D eigenvalue weighted by Crippen LogP contribution is 2.19. The number of imidazole rings is 1. The molecular weight excluding hydrogens is 799 g/mol. The molecule has 0 saturated carbocycles. The molecule has 4 aromatic rings. The van der Waals surface area contributed by atoms with Gasteiger partial charge >= 0.3 is 0 Å². The Hall–Kier alpha value is -7.05. The van der Waals surface area contributed by atoms with Crippen LogP contribution in [0.4, 0.5) is 0 Å². The molecule has 0 aliphatic heterocycles. The summed E-state index contributed by atoms with van der Waals surface area (Å²) in [4.78, 5) is 115. The Labute approximate surface area is 359 Å². The maximum Gasteiger partial charge on any atom is 0.243 e. The van der Waals surface area contributed by atoms with Gasteiger partial charge in [-0.25, -0.2) is 4.98 Å². The van der Waals surface area contributed by atoms with Gasteiger partial charge in [-0.05, 0) is 44.4 Å². The van der Waals surface area contributed by atoms with Gasteiger partial charge in [-0.3, -0.25) is 38.4 Å². The van der Waals surface area contributed by atoms with Crippen LogP contribution in [0.1, 0.15) is 70.7 Å². The lowest BCUT2D eigenvalue weighted by Crippen LogP contribution is -2.60. The number of nitrogens with zero attached hydrogens (tertiary/aromatic N) is 1.